The van der Waals surface area contributed by atoms with Gasteiger partial charge in [0.05, 0.1) is 12.3 Å². The summed E-state index contributed by atoms with van der Waals surface area (Å²) in [7, 11) is 0. The van der Waals surface area contributed by atoms with Crippen molar-refractivity contribution in [2.45, 2.75) is 26.4 Å². The van der Waals surface area contributed by atoms with E-state index >= 15 is 0 Å². The van der Waals surface area contributed by atoms with E-state index in [1.54, 1.807) is 23.1 Å². The summed E-state index contributed by atoms with van der Waals surface area (Å²) in [5.74, 6) is 0.114. The van der Waals surface area contributed by atoms with Crippen molar-refractivity contribution in [1.29, 1.82) is 0 Å². The molecule has 3 heterocycles. The fourth-order valence-electron chi connectivity index (χ4n) is 3.06. The SMILES string of the molecule is CC(C)Oc1cc(Oc2cnc(C(=O)N3CCC3)c(F)c2)cc(-c2nccc(=O)[nH]2)c1. The Hall–Kier alpha value is -3.75. The van der Waals surface area contributed by atoms with Crippen LogP contribution in [0.2, 0.25) is 0 Å². The van der Waals surface area contributed by atoms with Crippen molar-refractivity contribution in [2.24, 2.45) is 0 Å². The molecule has 3 aromatic rings. The van der Waals surface area contributed by atoms with Crippen LogP contribution in [-0.2, 0) is 0 Å². The highest BCUT2D eigenvalue weighted by Gasteiger charge is 2.25. The average Bonchev–Trinajstić information content (AvgIpc) is 2.66. The van der Waals surface area contributed by atoms with Crippen molar-refractivity contribution in [1.82, 2.24) is 19.9 Å². The van der Waals surface area contributed by atoms with E-state index in [1.807, 2.05) is 13.8 Å². The molecular formula is C22H21FN4O4. The smallest absolute Gasteiger partial charge is 0.275 e. The number of ether oxygens (including phenoxy) is 2. The normalized spacial score (nSPS) is 13.1. The van der Waals surface area contributed by atoms with Gasteiger partial charge in [0.1, 0.15) is 23.1 Å². The molecule has 1 aliphatic heterocycles. The number of likely N-dealkylation sites (tertiary alicyclic amines) is 1. The summed E-state index contributed by atoms with van der Waals surface area (Å²) in [5, 5.41) is 0. The zero-order chi connectivity index (χ0) is 22.0. The highest BCUT2D eigenvalue weighted by Crippen LogP contribution is 2.32. The standard InChI is InChI=1S/C22H21FN4O4/c1-13(2)30-15-8-14(21-24-5-4-19(28)26-21)9-16(10-15)31-17-11-18(23)20(25-12-17)22(29)27-6-3-7-27/h4-5,8-13H,3,6-7H2,1-2H3,(H,24,26,28). The van der Waals surface area contributed by atoms with Gasteiger partial charge in [-0.1, -0.05) is 0 Å². The fraction of sp³-hybridized carbons (Fsp3) is 0.273. The molecule has 0 atom stereocenters. The zero-order valence-electron chi connectivity index (χ0n) is 17.1. The van der Waals surface area contributed by atoms with E-state index in [0.717, 1.165) is 12.5 Å². The van der Waals surface area contributed by atoms with Crippen LogP contribution in [0, 0.1) is 5.82 Å². The largest absolute Gasteiger partial charge is 0.491 e. The van der Waals surface area contributed by atoms with Crippen LogP contribution < -0.4 is 15.0 Å². The highest BCUT2D eigenvalue weighted by atomic mass is 19.1. The number of benzene rings is 1. The monoisotopic (exact) mass is 424 g/mol. The third kappa shape index (κ3) is 4.71. The molecule has 0 radical (unpaired) electrons. The number of nitrogens with one attached hydrogen (secondary N) is 1. The van der Waals surface area contributed by atoms with Crippen molar-refractivity contribution in [3.63, 3.8) is 0 Å². The van der Waals surface area contributed by atoms with Crippen LogP contribution in [0.15, 0.2) is 47.5 Å². The van der Waals surface area contributed by atoms with Gasteiger partial charge in [0.15, 0.2) is 11.5 Å². The Morgan fingerprint density at radius 1 is 1.13 bits per heavy atom. The van der Waals surface area contributed by atoms with E-state index in [4.69, 9.17) is 9.47 Å². The number of aromatic nitrogens is 3. The number of H-pyrrole nitrogens is 1. The van der Waals surface area contributed by atoms with Crippen molar-refractivity contribution >= 4 is 5.91 Å². The molecule has 2 aromatic heterocycles. The molecule has 8 nitrogen and oxygen atoms in total. The minimum Gasteiger partial charge on any atom is -0.491 e. The summed E-state index contributed by atoms with van der Waals surface area (Å²) in [5.41, 5.74) is 0.0379. The summed E-state index contributed by atoms with van der Waals surface area (Å²) >= 11 is 0. The first-order valence-electron chi connectivity index (χ1n) is 9.89. The number of hydrogen-bond acceptors (Lipinski definition) is 6. The van der Waals surface area contributed by atoms with Crippen molar-refractivity contribution in [3.05, 3.63) is 64.6 Å². The Labute approximate surface area is 177 Å². The van der Waals surface area contributed by atoms with E-state index in [0.29, 0.717) is 36.0 Å². The molecule has 9 heteroatoms. The first-order chi connectivity index (χ1) is 14.9. The number of halogens is 1. The number of hydrogen-bond donors (Lipinski definition) is 1. The first kappa shape index (κ1) is 20.5. The van der Waals surface area contributed by atoms with Gasteiger partial charge in [-0.2, -0.15) is 0 Å². The van der Waals surface area contributed by atoms with Crippen LogP contribution in [0.5, 0.6) is 17.2 Å². The van der Waals surface area contributed by atoms with Gasteiger partial charge in [0, 0.05) is 43.0 Å². The van der Waals surface area contributed by atoms with Gasteiger partial charge in [-0.15, -0.1) is 0 Å². The topological polar surface area (TPSA) is 97.4 Å². The van der Waals surface area contributed by atoms with E-state index in [-0.39, 0.29) is 23.1 Å². The van der Waals surface area contributed by atoms with E-state index in [9.17, 15) is 14.0 Å². The summed E-state index contributed by atoms with van der Waals surface area (Å²) in [6, 6.07) is 7.44. The number of nitrogens with zero attached hydrogens (tertiary/aromatic N) is 3. The summed E-state index contributed by atoms with van der Waals surface area (Å²) < 4.78 is 26.0. The number of aromatic amines is 1. The van der Waals surface area contributed by atoms with Gasteiger partial charge < -0.3 is 19.4 Å². The Morgan fingerprint density at radius 3 is 2.55 bits per heavy atom. The lowest BCUT2D eigenvalue weighted by atomic mass is 10.2. The van der Waals surface area contributed by atoms with E-state index in [1.165, 1.54) is 18.5 Å². The number of amides is 1. The van der Waals surface area contributed by atoms with Crippen LogP contribution >= 0.6 is 0 Å². The van der Waals surface area contributed by atoms with Gasteiger partial charge in [-0.3, -0.25) is 9.59 Å². The summed E-state index contributed by atoms with van der Waals surface area (Å²) in [4.78, 5) is 36.2. The number of carbonyl (C=O) groups excluding carboxylic acids is 1. The predicted octanol–water partition coefficient (Wildman–Crippen LogP) is 3.40. The lowest BCUT2D eigenvalue weighted by Gasteiger charge is -2.30. The second-order valence-electron chi connectivity index (χ2n) is 7.39. The second-order valence-corrected chi connectivity index (χ2v) is 7.39. The predicted molar refractivity (Wildman–Crippen MR) is 111 cm³/mol. The van der Waals surface area contributed by atoms with Gasteiger partial charge in [-0.25, -0.2) is 14.4 Å². The fourth-order valence-corrected chi connectivity index (χ4v) is 3.06. The number of pyridine rings is 1. The average molecular weight is 424 g/mol. The molecule has 0 saturated carbocycles. The third-order valence-electron chi connectivity index (χ3n) is 4.59. The lowest BCUT2D eigenvalue weighted by molar-refractivity contribution is 0.0640. The minimum absolute atomic E-state index is 0.100. The number of carbonyl (C=O) groups is 1. The third-order valence-corrected chi connectivity index (χ3v) is 4.59. The molecular weight excluding hydrogens is 403 g/mol. The molecule has 0 bridgehead atoms. The molecule has 0 spiro atoms. The molecule has 0 unspecified atom stereocenters. The van der Waals surface area contributed by atoms with Crippen LogP contribution in [0.1, 0.15) is 30.8 Å². The number of rotatable bonds is 6. The molecule has 1 saturated heterocycles. The molecule has 31 heavy (non-hydrogen) atoms. The molecule has 1 aliphatic rings. The first-order valence-corrected chi connectivity index (χ1v) is 9.89. The maximum absolute atomic E-state index is 14.5. The van der Waals surface area contributed by atoms with Crippen molar-refractivity contribution < 1.29 is 18.7 Å². The van der Waals surface area contributed by atoms with Gasteiger partial charge in [-0.05, 0) is 32.4 Å². The van der Waals surface area contributed by atoms with Gasteiger partial charge >= 0.3 is 0 Å². The summed E-state index contributed by atoms with van der Waals surface area (Å²) in [6.07, 6.45) is 3.51. The van der Waals surface area contributed by atoms with E-state index in [2.05, 4.69) is 15.0 Å². The van der Waals surface area contributed by atoms with Gasteiger partial charge in [0.25, 0.3) is 11.5 Å². The van der Waals surface area contributed by atoms with Crippen LogP contribution in [0.3, 0.4) is 0 Å². The molecule has 0 aliphatic carbocycles. The zero-order valence-corrected chi connectivity index (χ0v) is 17.1. The van der Waals surface area contributed by atoms with Crippen molar-refractivity contribution in [3.8, 4) is 28.6 Å². The highest BCUT2D eigenvalue weighted by molar-refractivity contribution is 5.93. The van der Waals surface area contributed by atoms with E-state index < -0.39 is 11.7 Å². The molecule has 160 valence electrons. The second kappa shape index (κ2) is 8.55. The Balaban J connectivity index is 1.64. The Kier molecular flexibility index (Phi) is 5.66. The van der Waals surface area contributed by atoms with Crippen LogP contribution in [0.25, 0.3) is 11.4 Å². The van der Waals surface area contributed by atoms with Crippen molar-refractivity contribution in [2.75, 3.05) is 13.1 Å². The summed E-state index contributed by atoms with van der Waals surface area (Å²) in [6.45, 7) is 4.98. The molecule has 1 fully saturated rings. The minimum atomic E-state index is -0.752. The maximum Gasteiger partial charge on any atom is 0.275 e. The van der Waals surface area contributed by atoms with Crippen LogP contribution in [-0.4, -0.2) is 45.0 Å². The Bertz CT molecular complexity index is 1170. The Morgan fingerprint density at radius 2 is 1.90 bits per heavy atom. The quantitative estimate of drug-likeness (QED) is 0.651. The molecule has 1 aromatic carbocycles. The van der Waals surface area contributed by atoms with Gasteiger partial charge in [0.2, 0.25) is 0 Å². The lowest BCUT2D eigenvalue weighted by Crippen LogP contribution is -2.42. The van der Waals surface area contributed by atoms with Crippen LogP contribution in [0.4, 0.5) is 4.39 Å². The molecule has 4 rings (SSSR count). The molecule has 1 N–H and O–H groups in total. The maximum atomic E-state index is 14.5. The molecule has 1 amide bonds.